The third kappa shape index (κ3) is 12.7. The molecule has 0 amide bonds. The van der Waals surface area contributed by atoms with Gasteiger partial charge in [-0.05, 0) is 98.2 Å². The number of hydrogen-bond donors (Lipinski definition) is 0. The van der Waals surface area contributed by atoms with Gasteiger partial charge in [0.1, 0.15) is 0 Å². The number of benzene rings is 2. The van der Waals surface area contributed by atoms with Gasteiger partial charge in [-0.2, -0.15) is 0 Å². The average Bonchev–Trinajstić information content (AvgIpc) is 2.95. The SMILES string of the molecule is CCCCc1cccc(CCCC)c1N=Cc1cc(C)cc(C=Nc2c(CCCC)cccc2CCCC)n1.[Cl-].[Cl-].[Fe+2]. The topological polar surface area (TPSA) is 37.6 Å². The first-order chi connectivity index (χ1) is 19.1. The van der Waals surface area contributed by atoms with Gasteiger partial charge in [-0.3, -0.25) is 9.98 Å². The normalized spacial score (nSPS) is 10.9. The molecule has 0 bridgehead atoms. The number of pyridine rings is 1. The van der Waals surface area contributed by atoms with Crippen molar-refractivity contribution < 1.29 is 41.9 Å². The van der Waals surface area contributed by atoms with Gasteiger partial charge in [0.25, 0.3) is 0 Å². The molecule has 0 atom stereocenters. The summed E-state index contributed by atoms with van der Waals surface area (Å²) in [5, 5.41) is 0. The summed E-state index contributed by atoms with van der Waals surface area (Å²) in [5.74, 6) is 0. The molecule has 0 spiro atoms. The van der Waals surface area contributed by atoms with Crippen LogP contribution in [-0.2, 0) is 42.8 Å². The summed E-state index contributed by atoms with van der Waals surface area (Å²) >= 11 is 0. The molecule has 0 saturated heterocycles. The Morgan fingerprint density at radius 3 is 1.17 bits per heavy atom. The molecule has 0 aliphatic rings. The number of aliphatic imine (C=N–C) groups is 2. The van der Waals surface area contributed by atoms with Gasteiger partial charge in [0.2, 0.25) is 0 Å². The van der Waals surface area contributed by atoms with Crippen molar-refractivity contribution in [2.24, 2.45) is 9.98 Å². The molecular formula is C36H49Cl2FeN3. The van der Waals surface area contributed by atoms with Gasteiger partial charge in [0.05, 0.1) is 35.2 Å². The minimum Gasteiger partial charge on any atom is -1.00 e. The van der Waals surface area contributed by atoms with Crippen molar-refractivity contribution in [3.63, 3.8) is 0 Å². The molecule has 42 heavy (non-hydrogen) atoms. The number of para-hydroxylation sites is 2. The van der Waals surface area contributed by atoms with Crippen molar-refractivity contribution >= 4 is 23.8 Å². The van der Waals surface area contributed by atoms with E-state index in [0.29, 0.717) is 0 Å². The van der Waals surface area contributed by atoms with E-state index in [0.717, 1.165) is 48.4 Å². The second-order valence-electron chi connectivity index (χ2n) is 10.8. The van der Waals surface area contributed by atoms with Gasteiger partial charge >= 0.3 is 17.1 Å². The van der Waals surface area contributed by atoms with Crippen molar-refractivity contribution in [3.8, 4) is 0 Å². The molecule has 3 nitrogen and oxygen atoms in total. The van der Waals surface area contributed by atoms with Crippen LogP contribution >= 0.6 is 0 Å². The van der Waals surface area contributed by atoms with Crippen molar-refractivity contribution in [2.75, 3.05) is 0 Å². The molecule has 3 rings (SSSR count). The Morgan fingerprint density at radius 1 is 0.571 bits per heavy atom. The van der Waals surface area contributed by atoms with Crippen LogP contribution in [0.2, 0.25) is 0 Å². The summed E-state index contributed by atoms with van der Waals surface area (Å²) < 4.78 is 0. The molecule has 1 aromatic heterocycles. The number of nitrogens with zero attached hydrogens (tertiary/aromatic N) is 3. The Balaban J connectivity index is 0.00000560. The average molecular weight is 651 g/mol. The minimum atomic E-state index is 0. The fraction of sp³-hybridized carbons (Fsp3) is 0.472. The zero-order valence-electron chi connectivity index (χ0n) is 26.2. The van der Waals surface area contributed by atoms with Crippen LogP contribution in [0.15, 0.2) is 58.5 Å². The molecule has 230 valence electrons. The summed E-state index contributed by atoms with van der Waals surface area (Å²) in [5.41, 5.74) is 10.6. The zero-order chi connectivity index (χ0) is 27.9. The van der Waals surface area contributed by atoms with Crippen molar-refractivity contribution in [2.45, 2.75) is 112 Å². The van der Waals surface area contributed by atoms with Crippen molar-refractivity contribution in [3.05, 3.63) is 87.7 Å². The first kappa shape index (κ1) is 40.0. The maximum absolute atomic E-state index is 5.05. The molecule has 0 saturated carbocycles. The minimum absolute atomic E-state index is 0. The van der Waals surface area contributed by atoms with E-state index in [1.54, 1.807) is 0 Å². The van der Waals surface area contributed by atoms with E-state index in [1.165, 1.54) is 79.2 Å². The number of aromatic nitrogens is 1. The molecule has 0 N–H and O–H groups in total. The molecule has 0 aliphatic carbocycles. The van der Waals surface area contributed by atoms with E-state index in [2.05, 4.69) is 83.1 Å². The summed E-state index contributed by atoms with van der Waals surface area (Å²) in [6.07, 6.45) is 17.7. The molecular weight excluding hydrogens is 601 g/mol. The van der Waals surface area contributed by atoms with Crippen LogP contribution in [0.1, 0.15) is 118 Å². The summed E-state index contributed by atoms with van der Waals surface area (Å²) in [6, 6.07) is 17.6. The molecule has 0 radical (unpaired) electrons. The number of halogens is 2. The van der Waals surface area contributed by atoms with Crippen LogP contribution in [0.3, 0.4) is 0 Å². The Kier molecular flexibility index (Phi) is 21.5. The molecule has 1 heterocycles. The third-order valence-corrected chi connectivity index (χ3v) is 7.27. The van der Waals surface area contributed by atoms with E-state index in [1.807, 2.05) is 12.4 Å². The summed E-state index contributed by atoms with van der Waals surface area (Å²) in [4.78, 5) is 15.0. The number of hydrogen-bond acceptors (Lipinski definition) is 3. The third-order valence-electron chi connectivity index (χ3n) is 7.27. The monoisotopic (exact) mass is 649 g/mol. The first-order valence-corrected chi connectivity index (χ1v) is 15.4. The molecule has 0 fully saturated rings. The van der Waals surface area contributed by atoms with Crippen LogP contribution in [-0.4, -0.2) is 17.4 Å². The molecule has 0 unspecified atom stereocenters. The van der Waals surface area contributed by atoms with Crippen LogP contribution in [0.5, 0.6) is 0 Å². The quantitative estimate of drug-likeness (QED) is 0.169. The summed E-state index contributed by atoms with van der Waals surface area (Å²) in [7, 11) is 0. The number of aryl methyl sites for hydroxylation is 5. The zero-order valence-corrected chi connectivity index (χ0v) is 28.8. The molecule has 6 heteroatoms. The van der Waals surface area contributed by atoms with Gasteiger partial charge in [0.15, 0.2) is 0 Å². The largest absolute Gasteiger partial charge is 2.00 e. The van der Waals surface area contributed by atoms with Gasteiger partial charge in [-0.15, -0.1) is 0 Å². The van der Waals surface area contributed by atoms with Gasteiger partial charge in [-0.1, -0.05) is 89.8 Å². The number of unbranched alkanes of at least 4 members (excludes halogenated alkanes) is 4. The molecule has 2 aromatic carbocycles. The fourth-order valence-corrected chi connectivity index (χ4v) is 5.01. The Hall–Kier alpha value is -1.97. The van der Waals surface area contributed by atoms with E-state index in [-0.39, 0.29) is 41.9 Å². The summed E-state index contributed by atoms with van der Waals surface area (Å²) in [6.45, 7) is 11.1. The van der Waals surface area contributed by atoms with Crippen LogP contribution in [0.25, 0.3) is 0 Å². The maximum atomic E-state index is 5.05. The van der Waals surface area contributed by atoms with E-state index >= 15 is 0 Å². The second kappa shape index (κ2) is 22.6. The predicted molar refractivity (Wildman–Crippen MR) is 171 cm³/mol. The predicted octanol–water partition coefficient (Wildman–Crippen LogP) is 4.27. The maximum Gasteiger partial charge on any atom is 2.00 e. The molecule has 3 aromatic rings. The van der Waals surface area contributed by atoms with Crippen LogP contribution in [0.4, 0.5) is 11.4 Å². The van der Waals surface area contributed by atoms with Gasteiger partial charge < -0.3 is 24.8 Å². The Labute approximate surface area is 278 Å². The fourth-order valence-electron chi connectivity index (χ4n) is 5.01. The standard InChI is InChI=1S/C36H49N3.2ClH.Fe/c1-6-10-16-29-20-14-21-30(17-11-7-2)35(29)37-26-33-24-28(5)25-34(39-33)27-38-36-31(18-12-8-3)22-15-23-32(36)19-13-9-4;;;/h14-15,20-27H,6-13,16-19H2,1-5H3;2*1H;/q;;;+2/p-2. The van der Waals surface area contributed by atoms with E-state index in [4.69, 9.17) is 15.0 Å². The van der Waals surface area contributed by atoms with Crippen LogP contribution in [0, 0.1) is 6.92 Å². The van der Waals surface area contributed by atoms with E-state index < -0.39 is 0 Å². The van der Waals surface area contributed by atoms with E-state index in [9.17, 15) is 0 Å². The number of rotatable bonds is 16. The van der Waals surface area contributed by atoms with Gasteiger partial charge in [0, 0.05) is 0 Å². The van der Waals surface area contributed by atoms with Crippen molar-refractivity contribution in [1.82, 2.24) is 4.98 Å². The van der Waals surface area contributed by atoms with Crippen molar-refractivity contribution in [1.29, 1.82) is 0 Å². The molecule has 0 aliphatic heterocycles. The van der Waals surface area contributed by atoms with Gasteiger partial charge in [-0.25, -0.2) is 4.98 Å². The van der Waals surface area contributed by atoms with Crippen LogP contribution < -0.4 is 24.8 Å². The first-order valence-electron chi connectivity index (χ1n) is 15.4. The second-order valence-corrected chi connectivity index (χ2v) is 10.8. The Bertz CT molecular complexity index is 1100. The Morgan fingerprint density at radius 2 is 0.881 bits per heavy atom. The smallest absolute Gasteiger partial charge is 1.00 e.